The van der Waals surface area contributed by atoms with Gasteiger partial charge in [0.25, 0.3) is 0 Å². The van der Waals surface area contributed by atoms with Gasteiger partial charge in [-0.25, -0.2) is 9.97 Å². The number of rotatable bonds is 3. The summed E-state index contributed by atoms with van der Waals surface area (Å²) in [4.78, 5) is 8.09. The summed E-state index contributed by atoms with van der Waals surface area (Å²) in [7, 11) is 0. The molecule has 0 saturated heterocycles. The van der Waals surface area contributed by atoms with Crippen molar-refractivity contribution >= 4 is 21.7 Å². The minimum atomic E-state index is 0.307. The highest BCUT2D eigenvalue weighted by Crippen LogP contribution is 2.18. The Hall–Kier alpha value is -1.62. The zero-order chi connectivity index (χ0) is 11.4. The van der Waals surface area contributed by atoms with Crippen molar-refractivity contribution in [3.05, 3.63) is 46.8 Å². The molecule has 2 N–H and O–H groups in total. The zero-order valence-corrected chi connectivity index (χ0v) is 10.0. The van der Waals surface area contributed by atoms with Crippen LogP contribution < -0.4 is 10.5 Å². The fourth-order valence-electron chi connectivity index (χ4n) is 1.19. The van der Waals surface area contributed by atoms with E-state index in [9.17, 15) is 0 Å². The first-order valence-electron chi connectivity index (χ1n) is 4.70. The molecule has 5 heteroatoms. The Kier molecular flexibility index (Phi) is 3.36. The molecule has 0 unspecified atom stereocenters. The topological polar surface area (TPSA) is 61.0 Å². The summed E-state index contributed by atoms with van der Waals surface area (Å²) in [5.74, 6) is 1.78. The van der Waals surface area contributed by atoms with Gasteiger partial charge in [0, 0.05) is 10.7 Å². The molecule has 82 valence electrons. The van der Waals surface area contributed by atoms with Crippen LogP contribution in [-0.4, -0.2) is 9.97 Å². The van der Waals surface area contributed by atoms with E-state index < -0.39 is 0 Å². The van der Waals surface area contributed by atoms with E-state index in [2.05, 4.69) is 25.9 Å². The fourth-order valence-corrected chi connectivity index (χ4v) is 1.57. The average molecular weight is 280 g/mol. The smallest absolute Gasteiger partial charge is 0.168 e. The highest BCUT2D eigenvalue weighted by molar-refractivity contribution is 9.10. The van der Waals surface area contributed by atoms with E-state index in [0.29, 0.717) is 18.2 Å². The molecule has 0 saturated carbocycles. The maximum absolute atomic E-state index is 5.54. The van der Waals surface area contributed by atoms with Crippen LogP contribution in [0.1, 0.15) is 5.82 Å². The largest absolute Gasteiger partial charge is 0.486 e. The van der Waals surface area contributed by atoms with E-state index in [1.54, 1.807) is 12.3 Å². The van der Waals surface area contributed by atoms with Gasteiger partial charge < -0.3 is 10.5 Å². The third kappa shape index (κ3) is 2.93. The van der Waals surface area contributed by atoms with Crippen LogP contribution in [0.25, 0.3) is 0 Å². The molecule has 0 bridgehead atoms. The molecule has 0 spiro atoms. The van der Waals surface area contributed by atoms with E-state index in [4.69, 9.17) is 10.5 Å². The van der Waals surface area contributed by atoms with Crippen LogP contribution >= 0.6 is 15.9 Å². The van der Waals surface area contributed by atoms with Crippen LogP contribution in [0.3, 0.4) is 0 Å². The Morgan fingerprint density at radius 3 is 2.94 bits per heavy atom. The minimum Gasteiger partial charge on any atom is -0.486 e. The number of nitrogens with two attached hydrogens (primary N) is 1. The second kappa shape index (κ2) is 4.94. The molecule has 1 aromatic carbocycles. The third-order valence-electron chi connectivity index (χ3n) is 1.89. The van der Waals surface area contributed by atoms with Crippen LogP contribution in [0, 0.1) is 0 Å². The van der Waals surface area contributed by atoms with Crippen molar-refractivity contribution in [2.75, 3.05) is 5.73 Å². The van der Waals surface area contributed by atoms with Gasteiger partial charge in [0.1, 0.15) is 18.2 Å². The normalized spacial score (nSPS) is 10.1. The predicted molar refractivity (Wildman–Crippen MR) is 64.9 cm³/mol. The molecule has 0 amide bonds. The van der Waals surface area contributed by atoms with E-state index >= 15 is 0 Å². The molecule has 0 fully saturated rings. The molecule has 0 aliphatic carbocycles. The lowest BCUT2D eigenvalue weighted by atomic mass is 10.3. The molecule has 0 aliphatic rings. The summed E-state index contributed by atoms with van der Waals surface area (Å²) in [6.45, 7) is 0.307. The number of hydrogen-bond acceptors (Lipinski definition) is 4. The molecule has 16 heavy (non-hydrogen) atoms. The predicted octanol–water partition coefficient (Wildman–Crippen LogP) is 2.40. The lowest BCUT2D eigenvalue weighted by Gasteiger charge is -2.05. The van der Waals surface area contributed by atoms with Crippen LogP contribution in [0.2, 0.25) is 0 Å². The number of nitrogen functional groups attached to an aromatic ring is 1. The van der Waals surface area contributed by atoms with Crippen molar-refractivity contribution in [1.29, 1.82) is 0 Å². The lowest BCUT2D eigenvalue weighted by molar-refractivity contribution is 0.296. The number of aromatic nitrogens is 2. The Morgan fingerprint density at radius 2 is 2.19 bits per heavy atom. The second-order valence-corrected chi connectivity index (χ2v) is 4.06. The second-order valence-electron chi connectivity index (χ2n) is 3.14. The number of anilines is 1. The van der Waals surface area contributed by atoms with E-state index in [-0.39, 0.29) is 0 Å². The molecular formula is C11H10BrN3O. The molecule has 1 heterocycles. The van der Waals surface area contributed by atoms with E-state index in [1.807, 2.05) is 24.3 Å². The minimum absolute atomic E-state index is 0.307. The van der Waals surface area contributed by atoms with Crippen molar-refractivity contribution in [2.45, 2.75) is 6.61 Å². The van der Waals surface area contributed by atoms with Crippen molar-refractivity contribution in [2.24, 2.45) is 0 Å². The van der Waals surface area contributed by atoms with Crippen molar-refractivity contribution in [3.63, 3.8) is 0 Å². The number of ether oxygens (including phenoxy) is 1. The summed E-state index contributed by atoms with van der Waals surface area (Å²) in [6.07, 6.45) is 1.61. The quantitative estimate of drug-likeness (QED) is 0.937. The number of benzene rings is 1. The highest BCUT2D eigenvalue weighted by Gasteiger charge is 1.99. The summed E-state index contributed by atoms with van der Waals surface area (Å²) in [5.41, 5.74) is 5.54. The molecule has 2 rings (SSSR count). The van der Waals surface area contributed by atoms with Gasteiger partial charge in [0.2, 0.25) is 0 Å². The Labute approximate surface area is 102 Å². The lowest BCUT2D eigenvalue weighted by Crippen LogP contribution is -2.03. The Bertz CT molecular complexity index is 445. The van der Waals surface area contributed by atoms with Crippen molar-refractivity contribution in [3.8, 4) is 5.75 Å². The standard InChI is InChI=1S/C11H10BrN3O/c12-8-2-1-3-9(6-8)16-7-11-14-5-4-10(13)15-11/h1-6H,7H2,(H2,13,14,15). The number of nitrogens with zero attached hydrogens (tertiary/aromatic N) is 2. The number of halogens is 1. The van der Waals surface area contributed by atoms with Gasteiger partial charge in [-0.05, 0) is 24.3 Å². The molecule has 0 radical (unpaired) electrons. The molecular weight excluding hydrogens is 270 g/mol. The summed E-state index contributed by atoms with van der Waals surface area (Å²) >= 11 is 3.37. The highest BCUT2D eigenvalue weighted by atomic mass is 79.9. The first-order valence-corrected chi connectivity index (χ1v) is 5.49. The first kappa shape index (κ1) is 10.9. The summed E-state index contributed by atoms with van der Waals surface area (Å²) < 4.78 is 6.49. The zero-order valence-electron chi connectivity index (χ0n) is 8.43. The van der Waals surface area contributed by atoms with Gasteiger partial charge in [0.15, 0.2) is 5.82 Å². The molecule has 1 aromatic heterocycles. The molecule has 2 aromatic rings. The van der Waals surface area contributed by atoms with Gasteiger partial charge in [-0.1, -0.05) is 22.0 Å². The SMILES string of the molecule is Nc1ccnc(COc2cccc(Br)c2)n1. The van der Waals surface area contributed by atoms with Gasteiger partial charge in [-0.2, -0.15) is 0 Å². The monoisotopic (exact) mass is 279 g/mol. The Balaban J connectivity index is 2.02. The van der Waals surface area contributed by atoms with Gasteiger partial charge in [-0.15, -0.1) is 0 Å². The van der Waals surface area contributed by atoms with Gasteiger partial charge in [0.05, 0.1) is 0 Å². The van der Waals surface area contributed by atoms with Gasteiger partial charge in [-0.3, -0.25) is 0 Å². The third-order valence-corrected chi connectivity index (χ3v) is 2.38. The van der Waals surface area contributed by atoms with Crippen molar-refractivity contribution in [1.82, 2.24) is 9.97 Å². The van der Waals surface area contributed by atoms with E-state index in [0.717, 1.165) is 10.2 Å². The van der Waals surface area contributed by atoms with E-state index in [1.165, 1.54) is 0 Å². The van der Waals surface area contributed by atoms with Crippen LogP contribution in [0.5, 0.6) is 5.75 Å². The van der Waals surface area contributed by atoms with Gasteiger partial charge >= 0.3 is 0 Å². The average Bonchev–Trinajstić information content (AvgIpc) is 2.27. The molecule has 0 atom stereocenters. The van der Waals surface area contributed by atoms with Crippen LogP contribution in [-0.2, 0) is 6.61 Å². The van der Waals surface area contributed by atoms with Crippen LogP contribution in [0.15, 0.2) is 41.0 Å². The maximum Gasteiger partial charge on any atom is 0.168 e. The number of hydrogen-bond donors (Lipinski definition) is 1. The fraction of sp³-hybridized carbons (Fsp3) is 0.0909. The Morgan fingerprint density at radius 1 is 1.31 bits per heavy atom. The first-order chi connectivity index (χ1) is 7.74. The summed E-state index contributed by atoms with van der Waals surface area (Å²) in [6, 6.07) is 9.23. The van der Waals surface area contributed by atoms with Crippen molar-refractivity contribution < 1.29 is 4.74 Å². The summed E-state index contributed by atoms with van der Waals surface area (Å²) in [5, 5.41) is 0. The molecule has 0 aliphatic heterocycles. The molecule has 4 nitrogen and oxygen atoms in total. The van der Waals surface area contributed by atoms with Crippen LogP contribution in [0.4, 0.5) is 5.82 Å². The maximum atomic E-state index is 5.54.